The SMILES string of the molecule is N#Cc1ccc(C2=NSS[N]2)cc1. The van der Waals surface area contributed by atoms with Crippen LogP contribution in [0.25, 0.3) is 0 Å². The molecule has 0 fully saturated rings. The van der Waals surface area contributed by atoms with Gasteiger partial charge in [-0.15, -0.1) is 0 Å². The number of nitriles is 1. The first-order chi connectivity index (χ1) is 6.40. The summed E-state index contributed by atoms with van der Waals surface area (Å²) in [4.78, 5) is 0. The van der Waals surface area contributed by atoms with E-state index in [1.54, 1.807) is 12.1 Å². The van der Waals surface area contributed by atoms with Crippen molar-refractivity contribution in [2.24, 2.45) is 4.40 Å². The standard InChI is InChI=1S/C8H4N3S2/c9-5-6-1-3-7(4-2-6)8-10-12-13-11-8/h1-4H. The van der Waals surface area contributed by atoms with Crippen LogP contribution in [0.3, 0.4) is 0 Å². The van der Waals surface area contributed by atoms with Gasteiger partial charge in [0.05, 0.1) is 33.6 Å². The van der Waals surface area contributed by atoms with Crippen molar-refractivity contribution in [3.63, 3.8) is 0 Å². The van der Waals surface area contributed by atoms with Gasteiger partial charge in [0.15, 0.2) is 5.84 Å². The average molecular weight is 206 g/mol. The molecule has 1 aromatic rings. The molecule has 3 nitrogen and oxygen atoms in total. The third-order valence-corrected chi connectivity index (χ3v) is 2.76. The monoisotopic (exact) mass is 206 g/mol. The van der Waals surface area contributed by atoms with Crippen LogP contribution in [0.2, 0.25) is 0 Å². The Bertz CT molecular complexity index is 377. The zero-order chi connectivity index (χ0) is 9.10. The van der Waals surface area contributed by atoms with Gasteiger partial charge >= 0.3 is 0 Å². The van der Waals surface area contributed by atoms with Gasteiger partial charge < -0.3 is 0 Å². The molecular weight excluding hydrogens is 202 g/mol. The Morgan fingerprint density at radius 2 is 1.92 bits per heavy atom. The van der Waals surface area contributed by atoms with E-state index in [4.69, 9.17) is 5.26 Å². The molecular formula is C8H4N3S2. The molecule has 0 saturated heterocycles. The van der Waals surface area contributed by atoms with Gasteiger partial charge in [-0.2, -0.15) is 14.4 Å². The fourth-order valence-electron chi connectivity index (χ4n) is 0.920. The lowest BCUT2D eigenvalue weighted by Crippen LogP contribution is -2.05. The van der Waals surface area contributed by atoms with Crippen molar-refractivity contribution in [1.29, 1.82) is 5.26 Å². The number of amidine groups is 1. The van der Waals surface area contributed by atoms with E-state index in [0.717, 1.165) is 11.4 Å². The molecule has 13 heavy (non-hydrogen) atoms. The van der Waals surface area contributed by atoms with Crippen LogP contribution in [0.15, 0.2) is 28.7 Å². The molecule has 1 heterocycles. The quantitative estimate of drug-likeness (QED) is 0.522. The van der Waals surface area contributed by atoms with Crippen molar-refractivity contribution >= 4 is 27.8 Å². The van der Waals surface area contributed by atoms with Gasteiger partial charge in [-0.1, -0.05) is 0 Å². The number of nitrogens with zero attached hydrogens (tertiary/aromatic N) is 3. The van der Waals surface area contributed by atoms with Crippen LogP contribution in [-0.2, 0) is 0 Å². The molecule has 0 spiro atoms. The number of rotatable bonds is 1. The second-order valence-electron chi connectivity index (χ2n) is 2.34. The molecule has 1 aliphatic heterocycles. The summed E-state index contributed by atoms with van der Waals surface area (Å²) in [6.45, 7) is 0. The second-order valence-corrected chi connectivity index (χ2v) is 3.90. The topological polar surface area (TPSA) is 50.2 Å². The van der Waals surface area contributed by atoms with Crippen LogP contribution < -0.4 is 4.72 Å². The van der Waals surface area contributed by atoms with E-state index < -0.39 is 0 Å². The molecule has 0 unspecified atom stereocenters. The minimum Gasteiger partial charge on any atom is -0.192 e. The molecule has 63 valence electrons. The predicted octanol–water partition coefficient (Wildman–Crippen LogP) is 2.13. The Kier molecular flexibility index (Phi) is 2.43. The van der Waals surface area contributed by atoms with E-state index in [2.05, 4.69) is 15.2 Å². The summed E-state index contributed by atoms with van der Waals surface area (Å²) in [7, 11) is 2.72. The first-order valence-corrected chi connectivity index (χ1v) is 5.59. The van der Waals surface area contributed by atoms with Gasteiger partial charge in [0.25, 0.3) is 0 Å². The summed E-state index contributed by atoms with van der Waals surface area (Å²) in [5.74, 6) is 0.736. The van der Waals surface area contributed by atoms with Crippen molar-refractivity contribution in [2.45, 2.75) is 0 Å². The zero-order valence-corrected chi connectivity index (χ0v) is 8.10. The van der Waals surface area contributed by atoms with E-state index in [9.17, 15) is 0 Å². The van der Waals surface area contributed by atoms with Crippen molar-refractivity contribution in [1.82, 2.24) is 4.72 Å². The highest BCUT2D eigenvalue weighted by Crippen LogP contribution is 2.28. The van der Waals surface area contributed by atoms with Gasteiger partial charge in [-0.3, -0.25) is 0 Å². The van der Waals surface area contributed by atoms with E-state index >= 15 is 0 Å². The van der Waals surface area contributed by atoms with E-state index in [0.29, 0.717) is 5.56 Å². The van der Waals surface area contributed by atoms with Gasteiger partial charge in [0.2, 0.25) is 0 Å². The average Bonchev–Trinajstić information content (AvgIpc) is 2.71. The summed E-state index contributed by atoms with van der Waals surface area (Å²) < 4.78 is 8.22. The summed E-state index contributed by atoms with van der Waals surface area (Å²) in [6.07, 6.45) is 0. The maximum absolute atomic E-state index is 8.58. The molecule has 1 aromatic carbocycles. The molecule has 0 aliphatic carbocycles. The fourth-order valence-corrected chi connectivity index (χ4v) is 2.10. The molecule has 0 atom stereocenters. The Morgan fingerprint density at radius 3 is 2.46 bits per heavy atom. The van der Waals surface area contributed by atoms with Gasteiger partial charge in [-0.05, 0) is 24.3 Å². The lowest BCUT2D eigenvalue weighted by Gasteiger charge is -1.96. The van der Waals surface area contributed by atoms with Crippen molar-refractivity contribution in [3.8, 4) is 6.07 Å². The molecule has 0 amide bonds. The Morgan fingerprint density at radius 1 is 1.15 bits per heavy atom. The lowest BCUT2D eigenvalue weighted by molar-refractivity contribution is 1.44. The second kappa shape index (κ2) is 3.73. The Labute approximate surface area is 83.9 Å². The van der Waals surface area contributed by atoms with Crippen LogP contribution >= 0.6 is 22.0 Å². The maximum atomic E-state index is 8.58. The molecule has 0 aromatic heterocycles. The number of hydrogen-bond acceptors (Lipinski definition) is 4. The van der Waals surface area contributed by atoms with E-state index in [1.165, 1.54) is 22.0 Å². The highest BCUT2D eigenvalue weighted by Gasteiger charge is 2.11. The third-order valence-electron chi connectivity index (χ3n) is 1.55. The maximum Gasteiger partial charge on any atom is 0.177 e. The normalized spacial score (nSPS) is 14.5. The smallest absolute Gasteiger partial charge is 0.177 e. The lowest BCUT2D eigenvalue weighted by atomic mass is 10.1. The fraction of sp³-hybridized carbons (Fsp3) is 0. The van der Waals surface area contributed by atoms with Crippen LogP contribution in [0, 0.1) is 11.3 Å². The van der Waals surface area contributed by atoms with Crippen LogP contribution in [0.1, 0.15) is 11.1 Å². The van der Waals surface area contributed by atoms with Gasteiger partial charge in [0.1, 0.15) is 0 Å². The first-order valence-electron chi connectivity index (χ1n) is 3.52. The first kappa shape index (κ1) is 8.48. The predicted molar refractivity (Wildman–Crippen MR) is 55.0 cm³/mol. The minimum absolute atomic E-state index is 0.655. The summed E-state index contributed by atoms with van der Waals surface area (Å²) in [5, 5.41) is 8.58. The van der Waals surface area contributed by atoms with Crippen molar-refractivity contribution in [2.75, 3.05) is 0 Å². The van der Waals surface area contributed by atoms with E-state index in [1.807, 2.05) is 12.1 Å². The highest BCUT2D eigenvalue weighted by molar-refractivity contribution is 8.76. The molecule has 0 N–H and O–H groups in total. The molecule has 5 heteroatoms. The van der Waals surface area contributed by atoms with Crippen molar-refractivity contribution in [3.05, 3.63) is 35.4 Å². The summed E-state index contributed by atoms with van der Waals surface area (Å²) in [6, 6.07) is 9.30. The van der Waals surface area contributed by atoms with Crippen molar-refractivity contribution < 1.29 is 0 Å². The number of hydrogen-bond donors (Lipinski definition) is 0. The largest absolute Gasteiger partial charge is 0.192 e. The van der Waals surface area contributed by atoms with E-state index in [-0.39, 0.29) is 0 Å². The summed E-state index contributed by atoms with van der Waals surface area (Å²) >= 11 is 0. The number of benzene rings is 1. The van der Waals surface area contributed by atoms with Gasteiger partial charge in [0, 0.05) is 5.56 Å². The highest BCUT2D eigenvalue weighted by atomic mass is 33.1. The van der Waals surface area contributed by atoms with Crippen LogP contribution in [0.5, 0.6) is 0 Å². The van der Waals surface area contributed by atoms with Crippen LogP contribution in [0.4, 0.5) is 0 Å². The van der Waals surface area contributed by atoms with Crippen LogP contribution in [-0.4, -0.2) is 5.84 Å². The van der Waals surface area contributed by atoms with Gasteiger partial charge in [-0.25, -0.2) is 0 Å². The Hall–Kier alpha value is -1.12. The minimum atomic E-state index is 0.655. The molecule has 1 aliphatic rings. The molecule has 0 bridgehead atoms. The third kappa shape index (κ3) is 1.79. The zero-order valence-electron chi connectivity index (χ0n) is 6.47. The molecule has 1 radical (unpaired) electrons. The molecule has 2 rings (SSSR count). The Balaban J connectivity index is 2.28. The molecule has 0 saturated carbocycles. The summed E-state index contributed by atoms with van der Waals surface area (Å²) in [5.41, 5.74) is 1.61.